The van der Waals surface area contributed by atoms with Crippen LogP contribution in [0.4, 0.5) is 13.2 Å². The van der Waals surface area contributed by atoms with E-state index in [1.807, 2.05) is 6.07 Å². The Kier molecular flexibility index (Phi) is 4.34. The zero-order chi connectivity index (χ0) is 13.9. The molecule has 0 saturated heterocycles. The quantitative estimate of drug-likeness (QED) is 0.798. The van der Waals surface area contributed by atoms with Gasteiger partial charge in [0, 0.05) is 0 Å². The van der Waals surface area contributed by atoms with Gasteiger partial charge in [0.2, 0.25) is 0 Å². The molecule has 1 fully saturated rings. The van der Waals surface area contributed by atoms with Crippen molar-refractivity contribution in [3.8, 4) is 5.75 Å². The highest BCUT2D eigenvalue weighted by molar-refractivity contribution is 5.34. The summed E-state index contributed by atoms with van der Waals surface area (Å²) in [6.07, 6.45) is -2.50. The van der Waals surface area contributed by atoms with Gasteiger partial charge in [0.25, 0.3) is 0 Å². The molecule has 5 heteroatoms. The molecule has 2 atom stereocenters. The zero-order valence-electron chi connectivity index (χ0n) is 10.8. The van der Waals surface area contributed by atoms with Crippen molar-refractivity contribution in [2.75, 3.05) is 13.1 Å². The van der Waals surface area contributed by atoms with Gasteiger partial charge in [0.1, 0.15) is 5.75 Å². The molecule has 0 heterocycles. The summed E-state index contributed by atoms with van der Waals surface area (Å²) in [5, 5.41) is 3.34. The van der Waals surface area contributed by atoms with E-state index >= 15 is 0 Å². The first-order chi connectivity index (χ1) is 8.99. The molecule has 2 rings (SSSR count). The lowest BCUT2D eigenvalue weighted by Gasteiger charge is -2.10. The highest BCUT2D eigenvalue weighted by atomic mass is 19.4. The zero-order valence-corrected chi connectivity index (χ0v) is 10.8. The maximum atomic E-state index is 12.1. The molecule has 1 aromatic rings. The molecule has 1 aromatic carbocycles. The summed E-state index contributed by atoms with van der Waals surface area (Å²) >= 11 is 0. The van der Waals surface area contributed by atoms with Crippen molar-refractivity contribution < 1.29 is 17.9 Å². The highest BCUT2D eigenvalue weighted by Gasteiger charge is 2.38. The SMILES string of the molecule is CCCNCC1CC1c1cccc(OC(F)(F)F)c1. The molecule has 0 amide bonds. The average molecular weight is 273 g/mol. The van der Waals surface area contributed by atoms with Crippen LogP contribution in [-0.2, 0) is 0 Å². The van der Waals surface area contributed by atoms with Crippen molar-refractivity contribution in [3.05, 3.63) is 29.8 Å². The van der Waals surface area contributed by atoms with Crippen molar-refractivity contribution in [1.29, 1.82) is 0 Å². The van der Waals surface area contributed by atoms with Gasteiger partial charge in [0.05, 0.1) is 0 Å². The topological polar surface area (TPSA) is 21.3 Å². The molecular weight excluding hydrogens is 255 g/mol. The molecular formula is C14H18F3NO. The number of alkyl halides is 3. The number of hydrogen-bond acceptors (Lipinski definition) is 2. The van der Waals surface area contributed by atoms with Gasteiger partial charge in [-0.05, 0) is 55.5 Å². The fourth-order valence-corrected chi connectivity index (χ4v) is 2.29. The van der Waals surface area contributed by atoms with E-state index in [2.05, 4.69) is 17.0 Å². The molecule has 0 spiro atoms. The van der Waals surface area contributed by atoms with E-state index in [9.17, 15) is 13.2 Å². The molecule has 1 aliphatic rings. The Bertz CT molecular complexity index is 419. The first-order valence-corrected chi connectivity index (χ1v) is 6.56. The summed E-state index contributed by atoms with van der Waals surface area (Å²) in [6, 6.07) is 6.32. The predicted octanol–water partition coefficient (Wildman–Crippen LogP) is 3.69. The monoisotopic (exact) mass is 273 g/mol. The Morgan fingerprint density at radius 1 is 1.37 bits per heavy atom. The van der Waals surface area contributed by atoms with E-state index in [1.54, 1.807) is 6.07 Å². The van der Waals surface area contributed by atoms with Gasteiger partial charge >= 0.3 is 6.36 Å². The third-order valence-electron chi connectivity index (χ3n) is 3.28. The van der Waals surface area contributed by atoms with Gasteiger partial charge in [-0.25, -0.2) is 0 Å². The third-order valence-corrected chi connectivity index (χ3v) is 3.28. The van der Waals surface area contributed by atoms with Gasteiger partial charge in [-0.2, -0.15) is 0 Å². The minimum absolute atomic E-state index is 0.128. The maximum Gasteiger partial charge on any atom is 0.573 e. The number of nitrogens with one attached hydrogen (secondary N) is 1. The van der Waals surface area contributed by atoms with Gasteiger partial charge in [-0.3, -0.25) is 0 Å². The third kappa shape index (κ3) is 4.42. The standard InChI is InChI=1S/C14H18F3NO/c1-2-6-18-9-11-8-13(11)10-4-3-5-12(7-10)19-14(15,16)17/h3-5,7,11,13,18H,2,6,8-9H2,1H3. The number of ether oxygens (including phenoxy) is 1. The van der Waals surface area contributed by atoms with E-state index < -0.39 is 6.36 Å². The van der Waals surface area contributed by atoms with Crippen molar-refractivity contribution in [2.24, 2.45) is 5.92 Å². The van der Waals surface area contributed by atoms with Crippen LogP contribution in [0.15, 0.2) is 24.3 Å². The molecule has 106 valence electrons. The Balaban J connectivity index is 1.90. The van der Waals surface area contributed by atoms with Crippen LogP contribution in [0, 0.1) is 5.92 Å². The Morgan fingerprint density at radius 3 is 2.84 bits per heavy atom. The predicted molar refractivity (Wildman–Crippen MR) is 67.1 cm³/mol. The average Bonchev–Trinajstić information content (AvgIpc) is 3.07. The molecule has 2 nitrogen and oxygen atoms in total. The van der Waals surface area contributed by atoms with Crippen LogP contribution in [-0.4, -0.2) is 19.5 Å². The number of rotatable bonds is 6. The summed E-state index contributed by atoms with van der Waals surface area (Å²) in [5.74, 6) is 0.769. The van der Waals surface area contributed by atoms with Gasteiger partial charge in [-0.1, -0.05) is 19.1 Å². The van der Waals surface area contributed by atoms with E-state index in [1.165, 1.54) is 12.1 Å². The molecule has 0 aromatic heterocycles. The van der Waals surface area contributed by atoms with Crippen molar-refractivity contribution in [1.82, 2.24) is 5.32 Å². The van der Waals surface area contributed by atoms with Gasteiger partial charge < -0.3 is 10.1 Å². The molecule has 19 heavy (non-hydrogen) atoms. The van der Waals surface area contributed by atoms with Crippen LogP contribution in [0.5, 0.6) is 5.75 Å². The molecule has 1 aliphatic carbocycles. The summed E-state index contributed by atoms with van der Waals surface area (Å²) in [4.78, 5) is 0. The second kappa shape index (κ2) is 5.82. The van der Waals surface area contributed by atoms with Crippen LogP contribution >= 0.6 is 0 Å². The largest absolute Gasteiger partial charge is 0.573 e. The van der Waals surface area contributed by atoms with Crippen LogP contribution in [0.1, 0.15) is 31.2 Å². The molecule has 0 aliphatic heterocycles. The second-order valence-electron chi connectivity index (χ2n) is 4.93. The fourth-order valence-electron chi connectivity index (χ4n) is 2.29. The van der Waals surface area contributed by atoms with Crippen LogP contribution in [0.25, 0.3) is 0 Å². The van der Waals surface area contributed by atoms with Gasteiger partial charge in [0.15, 0.2) is 0 Å². The summed E-state index contributed by atoms with van der Waals surface area (Å²) in [6.45, 7) is 4.03. The van der Waals surface area contributed by atoms with Crippen molar-refractivity contribution in [3.63, 3.8) is 0 Å². The lowest BCUT2D eigenvalue weighted by molar-refractivity contribution is -0.274. The summed E-state index contributed by atoms with van der Waals surface area (Å²) < 4.78 is 40.4. The minimum atomic E-state index is -4.62. The van der Waals surface area contributed by atoms with E-state index in [0.717, 1.165) is 31.5 Å². The first-order valence-electron chi connectivity index (χ1n) is 6.56. The van der Waals surface area contributed by atoms with Crippen LogP contribution in [0.3, 0.4) is 0 Å². The Morgan fingerprint density at radius 2 is 2.16 bits per heavy atom. The van der Waals surface area contributed by atoms with E-state index in [0.29, 0.717) is 11.8 Å². The molecule has 2 unspecified atom stereocenters. The lowest BCUT2D eigenvalue weighted by atomic mass is 10.1. The first kappa shape index (κ1) is 14.2. The van der Waals surface area contributed by atoms with Crippen LogP contribution < -0.4 is 10.1 Å². The van der Waals surface area contributed by atoms with E-state index in [-0.39, 0.29) is 5.75 Å². The Hall–Kier alpha value is -1.23. The summed E-state index contributed by atoms with van der Waals surface area (Å²) in [5.41, 5.74) is 0.935. The molecule has 0 radical (unpaired) electrons. The molecule has 1 saturated carbocycles. The minimum Gasteiger partial charge on any atom is -0.406 e. The van der Waals surface area contributed by atoms with Crippen molar-refractivity contribution in [2.45, 2.75) is 32.0 Å². The number of hydrogen-bond donors (Lipinski definition) is 1. The molecule has 1 N–H and O–H groups in total. The highest BCUT2D eigenvalue weighted by Crippen LogP contribution is 2.47. The maximum absolute atomic E-state index is 12.1. The smallest absolute Gasteiger partial charge is 0.406 e. The molecule has 0 bridgehead atoms. The summed E-state index contributed by atoms with van der Waals surface area (Å²) in [7, 11) is 0. The number of benzene rings is 1. The number of halogens is 3. The fraction of sp³-hybridized carbons (Fsp3) is 0.571. The van der Waals surface area contributed by atoms with Crippen molar-refractivity contribution >= 4 is 0 Å². The van der Waals surface area contributed by atoms with E-state index in [4.69, 9.17) is 0 Å². The lowest BCUT2D eigenvalue weighted by Crippen LogP contribution is -2.18. The van der Waals surface area contributed by atoms with Crippen LogP contribution in [0.2, 0.25) is 0 Å². The van der Waals surface area contributed by atoms with Gasteiger partial charge in [-0.15, -0.1) is 13.2 Å². The Labute approximate surface area is 111 Å². The second-order valence-corrected chi connectivity index (χ2v) is 4.93. The normalized spacial score (nSPS) is 22.3.